The van der Waals surface area contributed by atoms with Crippen LogP contribution in [0.4, 0.5) is 0 Å². The van der Waals surface area contributed by atoms with Gasteiger partial charge in [-0.2, -0.15) is 0 Å². The fourth-order valence-electron chi connectivity index (χ4n) is 4.56. The van der Waals surface area contributed by atoms with Gasteiger partial charge in [0.15, 0.2) is 0 Å². The van der Waals surface area contributed by atoms with Gasteiger partial charge in [-0.25, -0.2) is 18.5 Å². The molecule has 2 heterocycles. The predicted molar refractivity (Wildman–Crippen MR) is 125 cm³/mol. The number of imidazole rings is 1. The lowest BCUT2D eigenvalue weighted by atomic mass is 9.89. The van der Waals surface area contributed by atoms with Gasteiger partial charge in [0.05, 0.1) is 15.9 Å². The molecular weight excluding hydrogens is 424 g/mol. The number of likely N-dealkylation sites (tertiary alicyclic amines) is 1. The number of amides is 1. The Morgan fingerprint density at radius 1 is 1.12 bits per heavy atom. The van der Waals surface area contributed by atoms with Crippen LogP contribution in [-0.2, 0) is 27.8 Å². The number of fused-ring (bicyclic) bond motifs is 1. The highest BCUT2D eigenvalue weighted by Crippen LogP contribution is 2.28. The minimum Gasteiger partial charge on any atom is -0.343 e. The molecule has 1 amide bonds. The third-order valence-corrected chi connectivity index (χ3v) is 7.17. The summed E-state index contributed by atoms with van der Waals surface area (Å²) in [5.74, 6) is 1.47. The Balaban J connectivity index is 1.43. The van der Waals surface area contributed by atoms with Crippen molar-refractivity contribution in [3.63, 3.8) is 0 Å². The zero-order chi connectivity index (χ0) is 22.7. The summed E-state index contributed by atoms with van der Waals surface area (Å²) in [5, 5.41) is 5.27. The first kappa shape index (κ1) is 22.5. The van der Waals surface area contributed by atoms with Crippen LogP contribution in [0.5, 0.6) is 0 Å². The van der Waals surface area contributed by atoms with Gasteiger partial charge in [0.2, 0.25) is 15.9 Å². The molecule has 2 aromatic carbocycles. The van der Waals surface area contributed by atoms with E-state index in [-0.39, 0.29) is 10.8 Å². The van der Waals surface area contributed by atoms with Crippen LogP contribution in [0, 0.1) is 0 Å². The molecule has 0 saturated carbocycles. The minimum absolute atomic E-state index is 0.0510. The number of rotatable bonds is 7. The Morgan fingerprint density at radius 3 is 2.50 bits per heavy atom. The highest BCUT2D eigenvalue weighted by Gasteiger charge is 2.24. The molecule has 32 heavy (non-hydrogen) atoms. The molecule has 7 nitrogen and oxygen atoms in total. The number of sulfonamides is 1. The Kier molecular flexibility index (Phi) is 6.62. The number of nitrogens with two attached hydrogens (primary N) is 1. The second-order valence-corrected chi connectivity index (χ2v) is 10.0. The Labute approximate surface area is 189 Å². The first-order chi connectivity index (χ1) is 15.4. The van der Waals surface area contributed by atoms with Gasteiger partial charge in [-0.1, -0.05) is 37.3 Å². The zero-order valence-electron chi connectivity index (χ0n) is 18.4. The molecule has 1 aliphatic rings. The third kappa shape index (κ3) is 4.86. The maximum Gasteiger partial charge on any atom is 0.238 e. The van der Waals surface area contributed by atoms with Crippen molar-refractivity contribution in [1.29, 1.82) is 0 Å². The number of benzene rings is 2. The normalized spacial score (nSPS) is 15.4. The molecule has 0 unspecified atom stereocenters. The van der Waals surface area contributed by atoms with Crippen LogP contribution >= 0.6 is 0 Å². The van der Waals surface area contributed by atoms with Gasteiger partial charge in [-0.15, -0.1) is 0 Å². The molecule has 1 aromatic heterocycles. The summed E-state index contributed by atoms with van der Waals surface area (Å²) in [5.41, 5.74) is 2.81. The van der Waals surface area contributed by atoms with Crippen LogP contribution in [-0.4, -0.2) is 41.9 Å². The fraction of sp³-hybridized carbons (Fsp3) is 0.417. The molecule has 0 atom stereocenters. The maximum atomic E-state index is 12.9. The standard InChI is InChI=1S/C24H30N4O3S/c1-2-14-28-22-9-8-20(32(25,30)31)17-21(22)26-23(28)10-11-24(29)27-15-12-19(13-16-27)18-6-4-3-5-7-18/h3-9,17,19H,2,10-16H2,1H3,(H2,25,30,31). The lowest BCUT2D eigenvalue weighted by Crippen LogP contribution is -2.38. The quantitative estimate of drug-likeness (QED) is 0.591. The molecule has 170 valence electrons. The Bertz CT molecular complexity index is 1200. The van der Waals surface area contributed by atoms with Crippen molar-refractivity contribution >= 4 is 27.0 Å². The summed E-state index contributed by atoms with van der Waals surface area (Å²) in [6, 6.07) is 15.3. The van der Waals surface area contributed by atoms with E-state index >= 15 is 0 Å². The molecule has 2 N–H and O–H groups in total. The minimum atomic E-state index is -3.79. The predicted octanol–water partition coefficient (Wildman–Crippen LogP) is 3.43. The van der Waals surface area contributed by atoms with Crippen molar-refractivity contribution in [3.8, 4) is 0 Å². The van der Waals surface area contributed by atoms with Crippen molar-refractivity contribution in [1.82, 2.24) is 14.5 Å². The summed E-state index contributed by atoms with van der Waals surface area (Å²) in [7, 11) is -3.79. The molecule has 1 aliphatic heterocycles. The van der Waals surface area contributed by atoms with Gasteiger partial charge in [0.25, 0.3) is 0 Å². The zero-order valence-corrected chi connectivity index (χ0v) is 19.2. The van der Waals surface area contributed by atoms with Gasteiger partial charge >= 0.3 is 0 Å². The molecule has 8 heteroatoms. The number of piperidine rings is 1. The van der Waals surface area contributed by atoms with Gasteiger partial charge in [0.1, 0.15) is 5.82 Å². The number of hydrogen-bond acceptors (Lipinski definition) is 4. The Hall–Kier alpha value is -2.71. The van der Waals surface area contributed by atoms with Crippen LogP contribution in [0.25, 0.3) is 11.0 Å². The topological polar surface area (TPSA) is 98.3 Å². The molecule has 0 aliphatic carbocycles. The molecule has 0 spiro atoms. The summed E-state index contributed by atoms with van der Waals surface area (Å²) in [6.45, 7) is 4.40. The molecule has 0 radical (unpaired) electrons. The van der Waals surface area contributed by atoms with Crippen LogP contribution < -0.4 is 5.14 Å². The van der Waals surface area contributed by atoms with Crippen molar-refractivity contribution < 1.29 is 13.2 Å². The lowest BCUT2D eigenvalue weighted by Gasteiger charge is -2.32. The molecule has 0 bridgehead atoms. The monoisotopic (exact) mass is 454 g/mol. The van der Waals surface area contributed by atoms with Gasteiger partial charge in [0, 0.05) is 32.5 Å². The van der Waals surface area contributed by atoms with E-state index in [1.807, 2.05) is 11.0 Å². The second-order valence-electron chi connectivity index (χ2n) is 8.44. The van der Waals surface area contributed by atoms with Gasteiger partial charge in [-0.05, 0) is 48.9 Å². The first-order valence-corrected chi connectivity index (χ1v) is 12.8. The van der Waals surface area contributed by atoms with Crippen molar-refractivity contribution in [2.45, 2.75) is 56.4 Å². The highest BCUT2D eigenvalue weighted by molar-refractivity contribution is 7.89. The van der Waals surface area contributed by atoms with E-state index in [1.54, 1.807) is 6.07 Å². The molecule has 4 rings (SSSR count). The van der Waals surface area contributed by atoms with Crippen LogP contribution in [0.15, 0.2) is 53.4 Å². The largest absolute Gasteiger partial charge is 0.343 e. The van der Waals surface area contributed by atoms with Crippen molar-refractivity contribution in [2.75, 3.05) is 13.1 Å². The third-order valence-electron chi connectivity index (χ3n) is 6.26. The van der Waals surface area contributed by atoms with Crippen LogP contribution in [0.3, 0.4) is 0 Å². The molecule has 1 fully saturated rings. The fourth-order valence-corrected chi connectivity index (χ4v) is 5.10. The first-order valence-electron chi connectivity index (χ1n) is 11.2. The number of carbonyl (C=O) groups excluding carboxylic acids is 1. The van der Waals surface area contributed by atoms with E-state index in [0.29, 0.717) is 24.3 Å². The Morgan fingerprint density at radius 2 is 1.84 bits per heavy atom. The van der Waals surface area contributed by atoms with E-state index in [1.165, 1.54) is 17.7 Å². The molecular formula is C24H30N4O3S. The van der Waals surface area contributed by atoms with E-state index in [9.17, 15) is 13.2 Å². The van der Waals surface area contributed by atoms with E-state index in [2.05, 4.69) is 40.7 Å². The number of aryl methyl sites for hydroxylation is 2. The number of aromatic nitrogens is 2. The maximum absolute atomic E-state index is 12.9. The van der Waals surface area contributed by atoms with Crippen LogP contribution in [0.1, 0.15) is 49.9 Å². The van der Waals surface area contributed by atoms with E-state index in [4.69, 9.17) is 5.14 Å². The number of hydrogen-bond donors (Lipinski definition) is 1. The van der Waals surface area contributed by atoms with E-state index < -0.39 is 10.0 Å². The van der Waals surface area contributed by atoms with Crippen molar-refractivity contribution in [3.05, 3.63) is 59.9 Å². The number of carbonyl (C=O) groups is 1. The SMILES string of the molecule is CCCn1c(CCC(=O)N2CCC(c3ccccc3)CC2)nc2cc(S(N)(=O)=O)ccc21. The molecule has 3 aromatic rings. The van der Waals surface area contributed by atoms with Gasteiger partial charge in [-0.3, -0.25) is 4.79 Å². The summed E-state index contributed by atoms with van der Waals surface area (Å²) < 4.78 is 25.5. The summed E-state index contributed by atoms with van der Waals surface area (Å²) >= 11 is 0. The summed E-state index contributed by atoms with van der Waals surface area (Å²) in [6.07, 6.45) is 3.80. The second kappa shape index (κ2) is 9.42. The summed E-state index contributed by atoms with van der Waals surface area (Å²) in [4.78, 5) is 19.5. The van der Waals surface area contributed by atoms with Crippen molar-refractivity contribution in [2.24, 2.45) is 5.14 Å². The average Bonchev–Trinajstić information content (AvgIpc) is 3.14. The van der Waals surface area contributed by atoms with Gasteiger partial charge < -0.3 is 9.47 Å². The smallest absolute Gasteiger partial charge is 0.238 e. The van der Waals surface area contributed by atoms with E-state index in [0.717, 1.165) is 50.2 Å². The lowest BCUT2D eigenvalue weighted by molar-refractivity contribution is -0.132. The highest BCUT2D eigenvalue weighted by atomic mass is 32.2. The van der Waals surface area contributed by atoms with Crippen LogP contribution in [0.2, 0.25) is 0 Å². The number of nitrogens with zero attached hydrogens (tertiary/aromatic N) is 3. The number of primary sulfonamides is 1. The average molecular weight is 455 g/mol. The molecule has 1 saturated heterocycles.